The maximum absolute atomic E-state index is 12.3. The number of nitrogens with zero attached hydrogens (tertiary/aromatic N) is 4. The fourth-order valence-electron chi connectivity index (χ4n) is 1.62. The molecule has 2 aromatic heterocycles. The molecule has 0 atom stereocenters. The molecule has 8 nitrogen and oxygen atoms in total. The number of nitrogens with two attached hydrogens (primary N) is 1. The molecule has 0 saturated carbocycles. The van der Waals surface area contributed by atoms with E-state index in [1.165, 1.54) is 24.1 Å². The van der Waals surface area contributed by atoms with E-state index in [9.17, 15) is 8.42 Å². The summed E-state index contributed by atoms with van der Waals surface area (Å²) in [5.41, 5.74) is 5.85. The maximum Gasteiger partial charge on any atom is 0.281 e. The van der Waals surface area contributed by atoms with Crippen LogP contribution in [0.2, 0.25) is 5.02 Å². The van der Waals surface area contributed by atoms with Gasteiger partial charge in [0.1, 0.15) is 10.8 Å². The zero-order valence-electron chi connectivity index (χ0n) is 10.5. The van der Waals surface area contributed by atoms with Gasteiger partial charge in [0, 0.05) is 14.1 Å². The van der Waals surface area contributed by atoms with Gasteiger partial charge in [-0.3, -0.25) is 14.1 Å². The Bertz CT molecular complexity index is 759. The molecule has 3 N–H and O–H groups in total. The lowest BCUT2D eigenvalue weighted by molar-refractivity contribution is 0.581. The Morgan fingerprint density at radius 1 is 1.35 bits per heavy atom. The van der Waals surface area contributed by atoms with Crippen LogP contribution in [0, 0.1) is 0 Å². The summed E-state index contributed by atoms with van der Waals surface area (Å²) in [6.07, 6.45) is 2.62. The predicted molar refractivity (Wildman–Crippen MR) is 78.1 cm³/mol. The van der Waals surface area contributed by atoms with Gasteiger partial charge in [-0.2, -0.15) is 18.6 Å². The van der Waals surface area contributed by atoms with Crippen molar-refractivity contribution in [2.45, 2.75) is 5.03 Å². The van der Waals surface area contributed by atoms with E-state index in [4.69, 9.17) is 29.6 Å². The van der Waals surface area contributed by atoms with Gasteiger partial charge in [0.2, 0.25) is 0 Å². The van der Waals surface area contributed by atoms with E-state index in [1.807, 2.05) is 0 Å². The number of hydrogen-bond donors (Lipinski definition) is 2. The first-order valence-electron chi connectivity index (χ1n) is 5.26. The van der Waals surface area contributed by atoms with Crippen molar-refractivity contribution in [3.05, 3.63) is 23.0 Å². The van der Waals surface area contributed by atoms with Crippen LogP contribution < -0.4 is 10.5 Å². The second-order valence-electron chi connectivity index (χ2n) is 3.92. The number of thiocarbonyl (C=S) groups is 1. The smallest absolute Gasteiger partial charge is 0.281 e. The monoisotopic (exact) mass is 334 g/mol. The van der Waals surface area contributed by atoms with Crippen LogP contribution in [0.1, 0.15) is 5.56 Å². The molecule has 20 heavy (non-hydrogen) atoms. The van der Waals surface area contributed by atoms with Crippen LogP contribution in [-0.4, -0.2) is 33.0 Å². The summed E-state index contributed by atoms with van der Waals surface area (Å²) in [4.78, 5) is 0.0342. The molecule has 2 rings (SSSR count). The Hall–Kier alpha value is -1.65. The minimum absolute atomic E-state index is 0.0130. The quantitative estimate of drug-likeness (QED) is 0.776. The zero-order chi connectivity index (χ0) is 15.1. The van der Waals surface area contributed by atoms with E-state index in [-0.39, 0.29) is 20.9 Å². The second-order valence-corrected chi connectivity index (χ2v) is 6.37. The Morgan fingerprint density at radius 2 is 1.95 bits per heavy atom. The SMILES string of the molecule is Cn1ncc(C(N)=S)c1NS(=O)(=O)c1c(Cl)cnn1C. The molecule has 0 aliphatic carbocycles. The fraction of sp³-hybridized carbons (Fsp3) is 0.222. The number of hydrogen-bond acceptors (Lipinski definition) is 5. The summed E-state index contributed by atoms with van der Waals surface area (Å²) in [5.74, 6) is 0.162. The highest BCUT2D eigenvalue weighted by Crippen LogP contribution is 2.24. The van der Waals surface area contributed by atoms with Crippen LogP contribution >= 0.6 is 23.8 Å². The third kappa shape index (κ3) is 2.49. The maximum atomic E-state index is 12.3. The molecule has 0 unspecified atom stereocenters. The van der Waals surface area contributed by atoms with Crippen molar-refractivity contribution >= 4 is 44.6 Å². The molecule has 0 aliphatic rings. The van der Waals surface area contributed by atoms with Crippen molar-refractivity contribution in [2.24, 2.45) is 19.8 Å². The summed E-state index contributed by atoms with van der Waals surface area (Å²) in [7, 11) is -0.907. The largest absolute Gasteiger partial charge is 0.389 e. The Kier molecular flexibility index (Phi) is 3.71. The molecule has 0 bridgehead atoms. The van der Waals surface area contributed by atoms with E-state index in [1.54, 1.807) is 7.05 Å². The normalized spacial score (nSPS) is 11.6. The molecule has 0 aromatic carbocycles. The molecule has 0 radical (unpaired) electrons. The van der Waals surface area contributed by atoms with Gasteiger partial charge in [0.05, 0.1) is 23.0 Å². The summed E-state index contributed by atoms with van der Waals surface area (Å²) in [6.45, 7) is 0. The zero-order valence-corrected chi connectivity index (χ0v) is 12.9. The summed E-state index contributed by atoms with van der Waals surface area (Å²) >= 11 is 10.7. The summed E-state index contributed by atoms with van der Waals surface area (Å²) in [6, 6.07) is 0. The van der Waals surface area contributed by atoms with Crippen LogP contribution in [0.15, 0.2) is 17.4 Å². The number of anilines is 1. The predicted octanol–water partition coefficient (Wildman–Crippen LogP) is 0.242. The first-order valence-corrected chi connectivity index (χ1v) is 7.53. The average molecular weight is 335 g/mol. The molecule has 0 fully saturated rings. The lowest BCUT2D eigenvalue weighted by atomic mass is 10.3. The standard InChI is InChI=1S/C9H11ClN6O2S2/c1-15-8(5(3-12-15)7(11)19)14-20(17,18)9-6(10)4-13-16(9)2/h3-4,14H,1-2H3,(H2,11,19). The van der Waals surface area contributed by atoms with E-state index < -0.39 is 10.0 Å². The average Bonchev–Trinajstić information content (AvgIpc) is 2.84. The van der Waals surface area contributed by atoms with Crippen molar-refractivity contribution in [1.29, 1.82) is 0 Å². The van der Waals surface area contributed by atoms with Gasteiger partial charge in [-0.05, 0) is 0 Å². The molecular weight excluding hydrogens is 324 g/mol. The van der Waals surface area contributed by atoms with Crippen LogP contribution in [0.3, 0.4) is 0 Å². The summed E-state index contributed by atoms with van der Waals surface area (Å²) in [5, 5.41) is 7.55. The first kappa shape index (κ1) is 14.8. The fourth-order valence-corrected chi connectivity index (χ4v) is 3.53. The lowest BCUT2D eigenvalue weighted by Gasteiger charge is -2.10. The van der Waals surface area contributed by atoms with E-state index in [2.05, 4.69) is 14.9 Å². The Labute approximate surface area is 125 Å². The van der Waals surface area contributed by atoms with Gasteiger partial charge >= 0.3 is 0 Å². The molecule has 11 heteroatoms. The van der Waals surface area contributed by atoms with E-state index >= 15 is 0 Å². The molecule has 0 saturated heterocycles. The van der Waals surface area contributed by atoms with Gasteiger partial charge in [0.15, 0.2) is 5.03 Å². The molecule has 0 aliphatic heterocycles. The highest BCUT2D eigenvalue weighted by atomic mass is 35.5. The van der Waals surface area contributed by atoms with Crippen molar-refractivity contribution in [2.75, 3.05) is 4.72 Å². The second kappa shape index (κ2) is 5.04. The molecule has 108 valence electrons. The highest BCUT2D eigenvalue weighted by Gasteiger charge is 2.25. The number of aryl methyl sites for hydroxylation is 2. The number of rotatable bonds is 4. The topological polar surface area (TPSA) is 108 Å². The van der Waals surface area contributed by atoms with Crippen LogP contribution in [0.25, 0.3) is 0 Å². The number of sulfonamides is 1. The molecule has 0 amide bonds. The number of aromatic nitrogens is 4. The first-order chi connectivity index (χ1) is 9.24. The van der Waals surface area contributed by atoms with E-state index in [0.29, 0.717) is 5.56 Å². The van der Waals surface area contributed by atoms with Crippen LogP contribution in [0.4, 0.5) is 5.82 Å². The molecule has 0 spiro atoms. The lowest BCUT2D eigenvalue weighted by Crippen LogP contribution is -2.21. The van der Waals surface area contributed by atoms with Gasteiger partial charge in [-0.15, -0.1) is 0 Å². The van der Waals surface area contributed by atoms with Crippen molar-refractivity contribution in [3.63, 3.8) is 0 Å². The van der Waals surface area contributed by atoms with Gasteiger partial charge in [0.25, 0.3) is 10.0 Å². The third-order valence-corrected chi connectivity index (χ3v) is 4.60. The minimum atomic E-state index is -3.94. The number of nitrogens with one attached hydrogen (secondary N) is 1. The van der Waals surface area contributed by atoms with Gasteiger partial charge in [-0.1, -0.05) is 23.8 Å². The summed E-state index contributed by atoms with van der Waals surface area (Å²) < 4.78 is 29.5. The Balaban J connectivity index is 2.50. The van der Waals surface area contributed by atoms with Crippen molar-refractivity contribution in [1.82, 2.24) is 19.6 Å². The molecule has 2 heterocycles. The Morgan fingerprint density at radius 3 is 2.45 bits per heavy atom. The van der Waals surface area contributed by atoms with Crippen LogP contribution in [-0.2, 0) is 24.1 Å². The minimum Gasteiger partial charge on any atom is -0.389 e. The molecule has 2 aromatic rings. The third-order valence-electron chi connectivity index (χ3n) is 2.53. The van der Waals surface area contributed by atoms with Crippen LogP contribution in [0.5, 0.6) is 0 Å². The van der Waals surface area contributed by atoms with Gasteiger partial charge in [-0.25, -0.2) is 0 Å². The van der Waals surface area contributed by atoms with Gasteiger partial charge < -0.3 is 5.73 Å². The number of halogens is 1. The van der Waals surface area contributed by atoms with Crippen molar-refractivity contribution in [3.8, 4) is 0 Å². The highest BCUT2D eigenvalue weighted by molar-refractivity contribution is 7.92. The van der Waals surface area contributed by atoms with E-state index in [0.717, 1.165) is 4.68 Å². The van der Waals surface area contributed by atoms with Crippen molar-refractivity contribution < 1.29 is 8.42 Å². The molecular formula is C9H11ClN6O2S2.